The second kappa shape index (κ2) is 4.57. The number of nitrogens with zero attached hydrogens (tertiary/aromatic N) is 2. The van der Waals surface area contributed by atoms with Gasteiger partial charge in [-0.2, -0.15) is 8.75 Å². The van der Waals surface area contributed by atoms with Crippen molar-refractivity contribution in [2.24, 2.45) is 0 Å². The number of aromatic nitrogens is 2. The number of anilines is 1. The van der Waals surface area contributed by atoms with Gasteiger partial charge in [0, 0.05) is 9.35 Å². The van der Waals surface area contributed by atoms with Crippen LogP contribution in [0.15, 0.2) is 15.9 Å². The third kappa shape index (κ3) is 2.25. The zero-order valence-corrected chi connectivity index (χ0v) is 10.8. The van der Waals surface area contributed by atoms with Crippen LogP contribution in [0.3, 0.4) is 0 Å². The van der Waals surface area contributed by atoms with E-state index >= 15 is 0 Å². The van der Waals surface area contributed by atoms with Crippen LogP contribution in [0.4, 0.5) is 5.82 Å². The normalized spacial score (nSPS) is 10.4. The molecule has 3 nitrogen and oxygen atoms in total. The zero-order valence-electron chi connectivity index (χ0n) is 6.83. The first-order chi connectivity index (χ1) is 6.77. The number of nitrogens with one attached hydrogen (secondary N) is 1. The van der Waals surface area contributed by atoms with Gasteiger partial charge in [0.1, 0.15) is 0 Å². The number of hydrogen-bond acceptors (Lipinski definition) is 5. The molecule has 0 atom stereocenters. The van der Waals surface area contributed by atoms with Crippen LogP contribution in [0.2, 0.25) is 5.15 Å². The number of halogens is 2. The van der Waals surface area contributed by atoms with Crippen molar-refractivity contribution in [2.45, 2.75) is 6.54 Å². The zero-order chi connectivity index (χ0) is 9.97. The summed E-state index contributed by atoms with van der Waals surface area (Å²) >= 11 is 12.0. The Morgan fingerprint density at radius 1 is 1.50 bits per heavy atom. The Morgan fingerprint density at radius 2 is 2.36 bits per heavy atom. The largest absolute Gasteiger partial charge is 0.362 e. The van der Waals surface area contributed by atoms with E-state index in [0.717, 1.165) is 16.2 Å². The van der Waals surface area contributed by atoms with Crippen LogP contribution in [-0.2, 0) is 6.54 Å². The Morgan fingerprint density at radius 3 is 2.93 bits per heavy atom. The van der Waals surface area contributed by atoms with E-state index in [9.17, 15) is 0 Å². The van der Waals surface area contributed by atoms with Crippen molar-refractivity contribution in [3.05, 3.63) is 25.9 Å². The van der Waals surface area contributed by atoms with Gasteiger partial charge in [0.05, 0.1) is 18.3 Å². The van der Waals surface area contributed by atoms with Gasteiger partial charge in [-0.05, 0) is 27.4 Å². The van der Waals surface area contributed by atoms with Crippen LogP contribution in [0, 0.1) is 0 Å². The monoisotopic (exact) mass is 309 g/mol. The van der Waals surface area contributed by atoms with Crippen molar-refractivity contribution < 1.29 is 0 Å². The third-order valence-corrected chi connectivity index (χ3v) is 4.37. The smallest absolute Gasteiger partial charge is 0.186 e. The molecule has 0 unspecified atom stereocenters. The summed E-state index contributed by atoms with van der Waals surface area (Å²) in [5.74, 6) is 0.650. The fourth-order valence-electron chi connectivity index (χ4n) is 0.898. The van der Waals surface area contributed by atoms with Crippen LogP contribution in [-0.4, -0.2) is 8.75 Å². The molecule has 0 saturated heterocycles. The first-order valence-electron chi connectivity index (χ1n) is 3.71. The van der Waals surface area contributed by atoms with E-state index in [2.05, 4.69) is 30.0 Å². The van der Waals surface area contributed by atoms with Gasteiger partial charge in [0.15, 0.2) is 11.0 Å². The van der Waals surface area contributed by atoms with Gasteiger partial charge in [0.25, 0.3) is 0 Å². The van der Waals surface area contributed by atoms with E-state index in [1.54, 1.807) is 11.3 Å². The average Bonchev–Trinajstić information content (AvgIpc) is 2.72. The van der Waals surface area contributed by atoms with Crippen molar-refractivity contribution in [1.82, 2.24) is 8.75 Å². The molecule has 0 radical (unpaired) electrons. The summed E-state index contributed by atoms with van der Waals surface area (Å²) in [7, 11) is 0. The van der Waals surface area contributed by atoms with Crippen LogP contribution in [0.1, 0.15) is 4.88 Å². The standard InChI is InChI=1S/C7H5BrClN3S2/c8-4-1-2-13-5(4)3-10-7-6(9)11-14-12-7/h1-2H,3H2,(H,10,12). The van der Waals surface area contributed by atoms with Crippen molar-refractivity contribution in [2.75, 3.05) is 5.32 Å². The summed E-state index contributed by atoms with van der Waals surface area (Å²) in [5.41, 5.74) is 0. The first-order valence-corrected chi connectivity index (χ1v) is 6.49. The molecule has 2 rings (SSSR count). The van der Waals surface area contributed by atoms with E-state index in [1.807, 2.05) is 11.4 Å². The van der Waals surface area contributed by atoms with E-state index in [0.29, 0.717) is 17.5 Å². The molecule has 2 aromatic heterocycles. The van der Waals surface area contributed by atoms with Gasteiger partial charge in [-0.25, -0.2) is 0 Å². The molecule has 2 heterocycles. The lowest BCUT2D eigenvalue weighted by molar-refractivity contribution is 1.16. The molecule has 74 valence electrons. The molecule has 0 amide bonds. The van der Waals surface area contributed by atoms with Crippen molar-refractivity contribution in [1.29, 1.82) is 0 Å². The van der Waals surface area contributed by atoms with Gasteiger partial charge in [-0.15, -0.1) is 11.3 Å². The molecule has 0 fully saturated rings. The summed E-state index contributed by atoms with van der Waals surface area (Å²) < 4.78 is 8.99. The molecular weight excluding hydrogens is 306 g/mol. The molecule has 0 aliphatic carbocycles. The highest BCUT2D eigenvalue weighted by atomic mass is 79.9. The number of hydrogen-bond donors (Lipinski definition) is 1. The fraction of sp³-hybridized carbons (Fsp3) is 0.143. The highest BCUT2D eigenvalue weighted by Gasteiger charge is 2.06. The van der Waals surface area contributed by atoms with Gasteiger partial charge in [0.2, 0.25) is 0 Å². The Kier molecular flexibility index (Phi) is 3.38. The van der Waals surface area contributed by atoms with Gasteiger partial charge in [-0.3, -0.25) is 0 Å². The summed E-state index contributed by atoms with van der Waals surface area (Å²) in [4.78, 5) is 1.22. The van der Waals surface area contributed by atoms with Gasteiger partial charge < -0.3 is 5.32 Å². The Bertz CT molecular complexity index is 388. The molecule has 0 aromatic carbocycles. The van der Waals surface area contributed by atoms with E-state index in [1.165, 1.54) is 4.88 Å². The predicted molar refractivity (Wildman–Crippen MR) is 64.3 cm³/mol. The first kappa shape index (κ1) is 10.4. The minimum atomic E-state index is 0.433. The topological polar surface area (TPSA) is 37.8 Å². The third-order valence-electron chi connectivity index (χ3n) is 1.56. The molecule has 14 heavy (non-hydrogen) atoms. The maximum Gasteiger partial charge on any atom is 0.186 e. The fourth-order valence-corrected chi connectivity index (χ4v) is 3.01. The van der Waals surface area contributed by atoms with Crippen LogP contribution in [0.5, 0.6) is 0 Å². The quantitative estimate of drug-likeness (QED) is 0.941. The molecule has 0 aliphatic rings. The average molecular weight is 311 g/mol. The van der Waals surface area contributed by atoms with Crippen LogP contribution in [0.25, 0.3) is 0 Å². The second-order valence-corrected chi connectivity index (χ2v) is 5.19. The summed E-state index contributed by atoms with van der Waals surface area (Å²) in [6.45, 7) is 0.712. The van der Waals surface area contributed by atoms with Gasteiger partial charge >= 0.3 is 0 Å². The van der Waals surface area contributed by atoms with Crippen LogP contribution < -0.4 is 5.32 Å². The van der Waals surface area contributed by atoms with E-state index < -0.39 is 0 Å². The Labute approximate surface area is 103 Å². The molecular formula is C7H5BrClN3S2. The molecule has 0 spiro atoms. The molecule has 0 aliphatic heterocycles. The lowest BCUT2D eigenvalue weighted by Gasteiger charge is -2.00. The minimum Gasteiger partial charge on any atom is -0.362 e. The highest BCUT2D eigenvalue weighted by molar-refractivity contribution is 9.10. The lowest BCUT2D eigenvalue weighted by atomic mass is 10.4. The van der Waals surface area contributed by atoms with Crippen molar-refractivity contribution in [3.63, 3.8) is 0 Å². The number of rotatable bonds is 3. The lowest BCUT2D eigenvalue weighted by Crippen LogP contribution is -1.98. The summed E-state index contributed by atoms with van der Waals surface area (Å²) in [5, 5.41) is 5.58. The Balaban J connectivity index is 2.02. The molecule has 2 aromatic rings. The maximum atomic E-state index is 5.79. The molecule has 7 heteroatoms. The summed E-state index contributed by atoms with van der Waals surface area (Å²) in [6, 6.07) is 2.02. The molecule has 0 saturated carbocycles. The van der Waals surface area contributed by atoms with E-state index in [-0.39, 0.29) is 0 Å². The SMILES string of the molecule is Clc1nsnc1NCc1sccc1Br. The van der Waals surface area contributed by atoms with Crippen molar-refractivity contribution in [3.8, 4) is 0 Å². The van der Waals surface area contributed by atoms with Crippen molar-refractivity contribution >= 4 is 56.4 Å². The molecule has 1 N–H and O–H groups in total. The van der Waals surface area contributed by atoms with E-state index in [4.69, 9.17) is 11.6 Å². The van der Waals surface area contributed by atoms with Crippen LogP contribution >= 0.6 is 50.6 Å². The number of thiophene rings is 1. The summed E-state index contributed by atoms with van der Waals surface area (Å²) in [6.07, 6.45) is 0. The van der Waals surface area contributed by atoms with Gasteiger partial charge in [-0.1, -0.05) is 11.6 Å². The maximum absolute atomic E-state index is 5.79. The molecule has 0 bridgehead atoms. The highest BCUT2D eigenvalue weighted by Crippen LogP contribution is 2.25. The Hall–Kier alpha value is -0.170. The second-order valence-electron chi connectivity index (χ2n) is 2.45. The minimum absolute atomic E-state index is 0.433. The predicted octanol–water partition coefficient (Wildman–Crippen LogP) is 3.63.